The van der Waals surface area contributed by atoms with Crippen molar-refractivity contribution < 1.29 is 14.6 Å². The largest absolute Gasteiger partial charge is 0.493 e. The van der Waals surface area contributed by atoms with Gasteiger partial charge in [-0.05, 0) is 18.6 Å². The van der Waals surface area contributed by atoms with Gasteiger partial charge in [0, 0.05) is 24.8 Å². The first kappa shape index (κ1) is 13.0. The molecule has 5 heteroatoms. The second-order valence-corrected chi connectivity index (χ2v) is 4.73. The number of nitrogens with zero attached hydrogens (tertiary/aromatic N) is 1. The summed E-state index contributed by atoms with van der Waals surface area (Å²) in [6.45, 7) is 1.50. The van der Waals surface area contributed by atoms with E-state index in [-0.39, 0.29) is 6.61 Å². The molecule has 2 rings (SSSR count). The number of anilines is 1. The SMILES string of the molecule is COc1ccc(N2CCC(N)(CO)C2)cc1OC. The molecular formula is C13H20N2O3. The van der Waals surface area contributed by atoms with Crippen molar-refractivity contribution in [3.8, 4) is 11.5 Å². The third kappa shape index (κ3) is 2.37. The van der Waals surface area contributed by atoms with Crippen LogP contribution in [-0.2, 0) is 0 Å². The third-order valence-corrected chi connectivity index (χ3v) is 3.43. The molecule has 0 aromatic heterocycles. The van der Waals surface area contributed by atoms with E-state index in [0.717, 1.165) is 18.7 Å². The first-order valence-electron chi connectivity index (χ1n) is 5.98. The Kier molecular flexibility index (Phi) is 3.63. The highest BCUT2D eigenvalue weighted by molar-refractivity contribution is 5.57. The molecule has 0 aliphatic carbocycles. The van der Waals surface area contributed by atoms with E-state index in [2.05, 4.69) is 4.90 Å². The van der Waals surface area contributed by atoms with Gasteiger partial charge in [-0.25, -0.2) is 0 Å². The minimum atomic E-state index is -0.493. The lowest BCUT2D eigenvalue weighted by atomic mass is 10.0. The van der Waals surface area contributed by atoms with Crippen LogP contribution in [0, 0.1) is 0 Å². The quantitative estimate of drug-likeness (QED) is 0.821. The van der Waals surface area contributed by atoms with E-state index in [1.54, 1.807) is 14.2 Å². The number of benzene rings is 1. The van der Waals surface area contributed by atoms with E-state index >= 15 is 0 Å². The summed E-state index contributed by atoms with van der Waals surface area (Å²) < 4.78 is 10.5. The zero-order valence-electron chi connectivity index (χ0n) is 10.8. The number of methoxy groups -OCH3 is 2. The average molecular weight is 252 g/mol. The van der Waals surface area contributed by atoms with E-state index < -0.39 is 5.54 Å². The second kappa shape index (κ2) is 5.04. The lowest BCUT2D eigenvalue weighted by Crippen LogP contribution is -2.46. The van der Waals surface area contributed by atoms with Gasteiger partial charge in [0.25, 0.3) is 0 Å². The van der Waals surface area contributed by atoms with Crippen molar-refractivity contribution >= 4 is 5.69 Å². The molecule has 1 aromatic rings. The van der Waals surface area contributed by atoms with E-state index in [4.69, 9.17) is 15.2 Å². The Morgan fingerprint density at radius 3 is 2.61 bits per heavy atom. The van der Waals surface area contributed by atoms with E-state index in [1.165, 1.54) is 0 Å². The Morgan fingerprint density at radius 1 is 1.33 bits per heavy atom. The zero-order chi connectivity index (χ0) is 13.2. The number of rotatable bonds is 4. The molecule has 0 saturated carbocycles. The average Bonchev–Trinajstić information content (AvgIpc) is 2.81. The second-order valence-electron chi connectivity index (χ2n) is 4.73. The summed E-state index contributed by atoms with van der Waals surface area (Å²) in [6, 6.07) is 5.79. The molecule has 1 saturated heterocycles. The molecular weight excluding hydrogens is 232 g/mol. The van der Waals surface area contributed by atoms with Crippen LogP contribution in [0.3, 0.4) is 0 Å². The summed E-state index contributed by atoms with van der Waals surface area (Å²) in [5.41, 5.74) is 6.61. The number of aliphatic hydroxyl groups is 1. The molecule has 0 radical (unpaired) electrons. The Bertz CT molecular complexity index is 425. The van der Waals surface area contributed by atoms with Crippen LogP contribution in [0.15, 0.2) is 18.2 Å². The number of hydrogen-bond acceptors (Lipinski definition) is 5. The van der Waals surface area contributed by atoms with Gasteiger partial charge in [0.05, 0.1) is 26.4 Å². The molecule has 1 fully saturated rings. The Morgan fingerprint density at radius 2 is 2.06 bits per heavy atom. The van der Waals surface area contributed by atoms with E-state index in [9.17, 15) is 5.11 Å². The van der Waals surface area contributed by atoms with Gasteiger partial charge >= 0.3 is 0 Å². The van der Waals surface area contributed by atoms with Gasteiger partial charge in [0.2, 0.25) is 0 Å². The number of hydrogen-bond donors (Lipinski definition) is 2. The molecule has 1 aliphatic heterocycles. The molecule has 0 amide bonds. The molecule has 1 unspecified atom stereocenters. The van der Waals surface area contributed by atoms with Crippen molar-refractivity contribution in [2.75, 3.05) is 38.8 Å². The van der Waals surface area contributed by atoms with Crippen LogP contribution in [0.25, 0.3) is 0 Å². The number of nitrogens with two attached hydrogens (primary N) is 1. The van der Waals surface area contributed by atoms with Crippen LogP contribution in [-0.4, -0.2) is 44.6 Å². The molecule has 5 nitrogen and oxygen atoms in total. The summed E-state index contributed by atoms with van der Waals surface area (Å²) in [5, 5.41) is 9.28. The smallest absolute Gasteiger partial charge is 0.162 e. The summed E-state index contributed by atoms with van der Waals surface area (Å²) in [4.78, 5) is 2.15. The van der Waals surface area contributed by atoms with Crippen molar-refractivity contribution in [3.63, 3.8) is 0 Å². The van der Waals surface area contributed by atoms with E-state index in [0.29, 0.717) is 18.0 Å². The Labute approximate surface area is 107 Å². The lowest BCUT2D eigenvalue weighted by molar-refractivity contribution is 0.210. The topological polar surface area (TPSA) is 68.0 Å². The standard InChI is InChI=1S/C13H20N2O3/c1-17-11-4-3-10(7-12(11)18-2)15-6-5-13(14,8-15)9-16/h3-4,7,16H,5-6,8-9,14H2,1-2H3. The molecule has 1 heterocycles. The third-order valence-electron chi connectivity index (χ3n) is 3.43. The van der Waals surface area contributed by atoms with Gasteiger partial charge < -0.3 is 25.2 Å². The Hall–Kier alpha value is -1.46. The fourth-order valence-corrected chi connectivity index (χ4v) is 2.27. The molecule has 1 aliphatic rings. The molecule has 100 valence electrons. The van der Waals surface area contributed by atoms with Crippen LogP contribution in [0.2, 0.25) is 0 Å². The first-order chi connectivity index (χ1) is 8.61. The van der Waals surface area contributed by atoms with E-state index in [1.807, 2.05) is 18.2 Å². The van der Waals surface area contributed by atoms with Gasteiger partial charge in [-0.15, -0.1) is 0 Å². The summed E-state index contributed by atoms with van der Waals surface area (Å²) in [5.74, 6) is 1.41. The maximum absolute atomic E-state index is 9.28. The highest BCUT2D eigenvalue weighted by Crippen LogP contribution is 2.33. The summed E-state index contributed by atoms with van der Waals surface area (Å²) >= 11 is 0. The summed E-state index contributed by atoms with van der Waals surface area (Å²) in [6.07, 6.45) is 0.790. The monoisotopic (exact) mass is 252 g/mol. The maximum atomic E-state index is 9.28. The molecule has 1 aromatic carbocycles. The molecule has 18 heavy (non-hydrogen) atoms. The Balaban J connectivity index is 2.20. The molecule has 1 atom stereocenters. The van der Waals surface area contributed by atoms with Crippen molar-refractivity contribution in [1.29, 1.82) is 0 Å². The van der Waals surface area contributed by atoms with Crippen molar-refractivity contribution in [2.45, 2.75) is 12.0 Å². The number of aliphatic hydroxyl groups excluding tert-OH is 1. The van der Waals surface area contributed by atoms with Crippen molar-refractivity contribution in [1.82, 2.24) is 0 Å². The molecule has 3 N–H and O–H groups in total. The summed E-state index contributed by atoms with van der Waals surface area (Å²) in [7, 11) is 3.23. The van der Waals surface area contributed by atoms with Gasteiger partial charge in [-0.2, -0.15) is 0 Å². The van der Waals surface area contributed by atoms with Gasteiger partial charge in [-0.3, -0.25) is 0 Å². The molecule has 0 bridgehead atoms. The highest BCUT2D eigenvalue weighted by atomic mass is 16.5. The highest BCUT2D eigenvalue weighted by Gasteiger charge is 2.34. The van der Waals surface area contributed by atoms with Crippen LogP contribution >= 0.6 is 0 Å². The predicted molar refractivity (Wildman–Crippen MR) is 70.4 cm³/mol. The zero-order valence-corrected chi connectivity index (χ0v) is 10.8. The fourth-order valence-electron chi connectivity index (χ4n) is 2.27. The van der Waals surface area contributed by atoms with Crippen molar-refractivity contribution in [3.05, 3.63) is 18.2 Å². The van der Waals surface area contributed by atoms with Crippen LogP contribution < -0.4 is 20.1 Å². The number of ether oxygens (including phenoxy) is 2. The van der Waals surface area contributed by atoms with Gasteiger partial charge in [0.1, 0.15) is 0 Å². The minimum absolute atomic E-state index is 0.0107. The first-order valence-corrected chi connectivity index (χ1v) is 5.98. The predicted octanol–water partition coefficient (Wildman–Crippen LogP) is 0.604. The fraction of sp³-hybridized carbons (Fsp3) is 0.538. The maximum Gasteiger partial charge on any atom is 0.162 e. The van der Waals surface area contributed by atoms with Gasteiger partial charge in [-0.1, -0.05) is 0 Å². The van der Waals surface area contributed by atoms with Crippen LogP contribution in [0.5, 0.6) is 11.5 Å². The van der Waals surface area contributed by atoms with Crippen molar-refractivity contribution in [2.24, 2.45) is 5.73 Å². The van der Waals surface area contributed by atoms with Gasteiger partial charge in [0.15, 0.2) is 11.5 Å². The molecule has 0 spiro atoms. The normalized spacial score (nSPS) is 23.2. The van der Waals surface area contributed by atoms with Crippen LogP contribution in [0.1, 0.15) is 6.42 Å². The minimum Gasteiger partial charge on any atom is -0.493 e. The van der Waals surface area contributed by atoms with Crippen LogP contribution in [0.4, 0.5) is 5.69 Å². The lowest BCUT2D eigenvalue weighted by Gasteiger charge is -2.24.